The van der Waals surface area contributed by atoms with Crippen molar-refractivity contribution in [3.8, 4) is 5.88 Å². The van der Waals surface area contributed by atoms with Crippen LogP contribution in [-0.4, -0.2) is 4.98 Å². The Morgan fingerprint density at radius 2 is 1.95 bits per heavy atom. The predicted octanol–water partition coefficient (Wildman–Crippen LogP) is 4.64. The van der Waals surface area contributed by atoms with Gasteiger partial charge in [-0.15, -0.1) is 0 Å². The Bertz CT molecular complexity index is 614. The summed E-state index contributed by atoms with van der Waals surface area (Å²) in [4.78, 5) is 3.98. The molecule has 0 saturated heterocycles. The summed E-state index contributed by atoms with van der Waals surface area (Å²) >= 11 is 5.84. The molecule has 0 spiro atoms. The Kier molecular flexibility index (Phi) is 4.18. The molecule has 0 aliphatic rings. The molecule has 2 rings (SSSR count). The van der Waals surface area contributed by atoms with Crippen LogP contribution in [0.2, 0.25) is 5.15 Å². The summed E-state index contributed by atoms with van der Waals surface area (Å²) in [6.45, 7) is 1.79. The average molecular weight is 302 g/mol. The van der Waals surface area contributed by atoms with Crippen LogP contribution in [0.4, 0.5) is 13.2 Å². The molecule has 0 bridgehead atoms. The summed E-state index contributed by atoms with van der Waals surface area (Å²) < 4.78 is 43.0. The lowest BCUT2D eigenvalue weighted by Gasteiger charge is -2.10. The van der Waals surface area contributed by atoms with E-state index in [-0.39, 0.29) is 12.5 Å². The molecule has 0 amide bonds. The summed E-state index contributed by atoms with van der Waals surface area (Å²) in [5, 5.41) is 0.312. The van der Waals surface area contributed by atoms with Crippen molar-refractivity contribution < 1.29 is 17.9 Å². The Morgan fingerprint density at radius 3 is 2.60 bits per heavy atom. The lowest BCUT2D eigenvalue weighted by Crippen LogP contribution is -2.06. The Morgan fingerprint density at radius 1 is 1.20 bits per heavy atom. The highest BCUT2D eigenvalue weighted by atomic mass is 35.5. The SMILES string of the molecule is Cc1ccc(OCc2cccc(C(F)(F)F)c2)nc1Cl. The van der Waals surface area contributed by atoms with Gasteiger partial charge in [0.05, 0.1) is 5.56 Å². The van der Waals surface area contributed by atoms with Gasteiger partial charge in [0.2, 0.25) is 5.88 Å². The molecule has 2 aromatic rings. The number of aryl methyl sites for hydroxylation is 1. The number of hydrogen-bond acceptors (Lipinski definition) is 2. The molecular formula is C14H11ClF3NO. The first-order valence-corrected chi connectivity index (χ1v) is 6.16. The normalized spacial score (nSPS) is 11.4. The van der Waals surface area contributed by atoms with E-state index in [1.54, 1.807) is 25.1 Å². The van der Waals surface area contributed by atoms with Crippen LogP contribution in [0.3, 0.4) is 0 Å². The highest BCUT2D eigenvalue weighted by Gasteiger charge is 2.30. The molecule has 0 N–H and O–H groups in total. The van der Waals surface area contributed by atoms with Gasteiger partial charge in [0, 0.05) is 6.07 Å². The second kappa shape index (κ2) is 5.71. The smallest absolute Gasteiger partial charge is 0.416 e. The number of aromatic nitrogens is 1. The lowest BCUT2D eigenvalue weighted by atomic mass is 10.1. The molecule has 1 aromatic carbocycles. The van der Waals surface area contributed by atoms with Crippen molar-refractivity contribution >= 4 is 11.6 Å². The van der Waals surface area contributed by atoms with Crippen LogP contribution in [0.25, 0.3) is 0 Å². The van der Waals surface area contributed by atoms with Crippen LogP contribution in [0.5, 0.6) is 5.88 Å². The zero-order valence-corrected chi connectivity index (χ0v) is 11.3. The maximum Gasteiger partial charge on any atom is 0.416 e. The standard InChI is InChI=1S/C14H11ClF3NO/c1-9-5-6-12(19-13(9)15)20-8-10-3-2-4-11(7-10)14(16,17)18/h2-7H,8H2,1H3. The Labute approximate surface area is 119 Å². The van der Waals surface area contributed by atoms with Crippen LogP contribution in [-0.2, 0) is 12.8 Å². The minimum atomic E-state index is -4.36. The van der Waals surface area contributed by atoms with E-state index in [0.29, 0.717) is 10.7 Å². The van der Waals surface area contributed by atoms with Gasteiger partial charge in [0.25, 0.3) is 0 Å². The molecule has 0 saturated carbocycles. The van der Waals surface area contributed by atoms with Gasteiger partial charge in [0.15, 0.2) is 0 Å². The Hall–Kier alpha value is -1.75. The minimum absolute atomic E-state index is 0.00366. The molecule has 0 unspecified atom stereocenters. The summed E-state index contributed by atoms with van der Waals surface area (Å²) in [5.41, 5.74) is 0.518. The van der Waals surface area contributed by atoms with Crippen LogP contribution >= 0.6 is 11.6 Å². The second-order valence-corrected chi connectivity index (χ2v) is 4.60. The lowest BCUT2D eigenvalue weighted by molar-refractivity contribution is -0.137. The minimum Gasteiger partial charge on any atom is -0.473 e. The number of hydrogen-bond donors (Lipinski definition) is 0. The van der Waals surface area contributed by atoms with Gasteiger partial charge in [-0.2, -0.15) is 13.2 Å². The van der Waals surface area contributed by atoms with Crippen molar-refractivity contribution in [1.29, 1.82) is 0 Å². The molecule has 1 aromatic heterocycles. The van der Waals surface area contributed by atoms with Crippen LogP contribution in [0.1, 0.15) is 16.7 Å². The van der Waals surface area contributed by atoms with E-state index < -0.39 is 11.7 Å². The number of halogens is 4. The quantitative estimate of drug-likeness (QED) is 0.770. The fraction of sp³-hybridized carbons (Fsp3) is 0.214. The van der Waals surface area contributed by atoms with Gasteiger partial charge in [-0.05, 0) is 30.2 Å². The molecule has 2 nitrogen and oxygen atoms in total. The van der Waals surface area contributed by atoms with E-state index >= 15 is 0 Å². The fourth-order valence-corrected chi connectivity index (χ4v) is 1.71. The van der Waals surface area contributed by atoms with Crippen molar-refractivity contribution in [3.63, 3.8) is 0 Å². The summed E-state index contributed by atoms with van der Waals surface area (Å²) in [6.07, 6.45) is -4.36. The zero-order valence-electron chi connectivity index (χ0n) is 10.5. The number of alkyl halides is 3. The predicted molar refractivity (Wildman–Crippen MR) is 69.8 cm³/mol. The first-order chi connectivity index (χ1) is 9.36. The molecule has 0 atom stereocenters. The number of benzene rings is 1. The molecule has 6 heteroatoms. The van der Waals surface area contributed by atoms with Gasteiger partial charge >= 0.3 is 6.18 Å². The van der Waals surface area contributed by atoms with Crippen molar-refractivity contribution in [2.45, 2.75) is 19.7 Å². The van der Waals surface area contributed by atoms with E-state index in [1.165, 1.54) is 6.07 Å². The van der Waals surface area contributed by atoms with Gasteiger partial charge < -0.3 is 4.74 Å². The van der Waals surface area contributed by atoms with Gasteiger partial charge in [-0.1, -0.05) is 29.8 Å². The maximum absolute atomic E-state index is 12.6. The number of nitrogens with zero attached hydrogens (tertiary/aromatic N) is 1. The largest absolute Gasteiger partial charge is 0.473 e. The van der Waals surface area contributed by atoms with Gasteiger partial charge in [-0.3, -0.25) is 0 Å². The van der Waals surface area contributed by atoms with Crippen LogP contribution in [0, 0.1) is 6.92 Å². The fourth-order valence-electron chi connectivity index (χ4n) is 1.56. The molecule has 0 fully saturated rings. The molecule has 1 heterocycles. The first-order valence-electron chi connectivity index (χ1n) is 5.78. The van der Waals surface area contributed by atoms with Crippen molar-refractivity contribution in [1.82, 2.24) is 4.98 Å². The van der Waals surface area contributed by atoms with Gasteiger partial charge in [0.1, 0.15) is 11.8 Å². The number of pyridine rings is 1. The third kappa shape index (κ3) is 3.63. The third-order valence-electron chi connectivity index (χ3n) is 2.65. The molecule has 0 aliphatic heterocycles. The van der Waals surface area contributed by atoms with E-state index in [1.807, 2.05) is 0 Å². The highest BCUT2D eigenvalue weighted by molar-refractivity contribution is 6.30. The number of ether oxygens (including phenoxy) is 1. The molecule has 20 heavy (non-hydrogen) atoms. The molecular weight excluding hydrogens is 291 g/mol. The van der Waals surface area contributed by atoms with E-state index in [2.05, 4.69) is 4.98 Å². The monoisotopic (exact) mass is 301 g/mol. The zero-order chi connectivity index (χ0) is 14.8. The maximum atomic E-state index is 12.6. The molecule has 106 valence electrons. The van der Waals surface area contributed by atoms with E-state index in [0.717, 1.165) is 17.7 Å². The number of rotatable bonds is 3. The van der Waals surface area contributed by atoms with Crippen molar-refractivity contribution in [3.05, 3.63) is 58.2 Å². The van der Waals surface area contributed by atoms with Gasteiger partial charge in [-0.25, -0.2) is 4.98 Å². The summed E-state index contributed by atoms with van der Waals surface area (Å²) in [5.74, 6) is 0.276. The highest BCUT2D eigenvalue weighted by Crippen LogP contribution is 2.29. The molecule has 0 aliphatic carbocycles. The van der Waals surface area contributed by atoms with Crippen LogP contribution < -0.4 is 4.74 Å². The van der Waals surface area contributed by atoms with Crippen molar-refractivity contribution in [2.24, 2.45) is 0 Å². The first kappa shape index (κ1) is 14.7. The van der Waals surface area contributed by atoms with E-state index in [4.69, 9.17) is 16.3 Å². The third-order valence-corrected chi connectivity index (χ3v) is 3.03. The van der Waals surface area contributed by atoms with Crippen LogP contribution in [0.15, 0.2) is 36.4 Å². The Balaban J connectivity index is 2.09. The summed E-state index contributed by atoms with van der Waals surface area (Å²) in [6, 6.07) is 8.33. The molecule has 0 radical (unpaired) electrons. The van der Waals surface area contributed by atoms with E-state index in [9.17, 15) is 13.2 Å². The van der Waals surface area contributed by atoms with Crippen molar-refractivity contribution in [2.75, 3.05) is 0 Å². The average Bonchev–Trinajstić information content (AvgIpc) is 2.39. The topological polar surface area (TPSA) is 22.1 Å². The summed E-state index contributed by atoms with van der Waals surface area (Å²) in [7, 11) is 0. The second-order valence-electron chi connectivity index (χ2n) is 4.24.